The molecule has 0 spiro atoms. The minimum atomic E-state index is -2.91. The summed E-state index contributed by atoms with van der Waals surface area (Å²) in [6.45, 7) is 1.38. The van der Waals surface area contributed by atoms with Gasteiger partial charge >= 0.3 is 0 Å². The summed E-state index contributed by atoms with van der Waals surface area (Å²) in [5, 5.41) is 0.824. The Kier molecular flexibility index (Phi) is 3.80. The van der Waals surface area contributed by atoms with Gasteiger partial charge in [-0.05, 0) is 24.3 Å². The van der Waals surface area contributed by atoms with Crippen molar-refractivity contribution in [2.24, 2.45) is 4.99 Å². The minimum absolute atomic E-state index is 0.684. The molecule has 2 aromatic carbocycles. The number of benzene rings is 2. The quantitative estimate of drug-likeness (QED) is 0.814. The summed E-state index contributed by atoms with van der Waals surface area (Å²) < 4.78 is 17.6. The molecule has 1 atom stereocenters. The van der Waals surface area contributed by atoms with Gasteiger partial charge in [-0.2, -0.15) is 0 Å². The average Bonchev–Trinajstić information content (AvgIpc) is 3.10. The molecule has 0 aromatic heterocycles. The molecule has 3 rings (SSSR count). The molecule has 0 saturated carbocycles. The fourth-order valence-electron chi connectivity index (χ4n) is 2.49. The fourth-order valence-corrected chi connectivity index (χ4v) is 5.06. The van der Waals surface area contributed by atoms with Gasteiger partial charge in [0.15, 0.2) is 0 Å². The van der Waals surface area contributed by atoms with Crippen LogP contribution in [-0.4, -0.2) is 31.1 Å². The third kappa shape index (κ3) is 2.47. The Morgan fingerprint density at radius 2 is 1.67 bits per heavy atom. The second-order valence-corrected chi connectivity index (χ2v) is 7.64. The van der Waals surface area contributed by atoms with E-state index < -0.39 is 7.44 Å². The first-order valence-electron chi connectivity index (χ1n) is 6.95. The number of rotatable bonds is 4. The van der Waals surface area contributed by atoms with Crippen LogP contribution in [0.4, 0.5) is 5.69 Å². The molecule has 1 unspecified atom stereocenters. The van der Waals surface area contributed by atoms with E-state index in [9.17, 15) is 4.57 Å². The van der Waals surface area contributed by atoms with Gasteiger partial charge in [-0.25, -0.2) is 0 Å². The SMILES string of the molecule is CN(c1ccccc1)P(=O)(c1ccccc1)N1C=NCC1. The molecule has 21 heavy (non-hydrogen) atoms. The van der Waals surface area contributed by atoms with Crippen LogP contribution in [0.2, 0.25) is 0 Å². The Morgan fingerprint density at radius 1 is 1.05 bits per heavy atom. The van der Waals surface area contributed by atoms with Crippen molar-refractivity contribution in [1.29, 1.82) is 0 Å². The van der Waals surface area contributed by atoms with Crippen molar-refractivity contribution in [2.45, 2.75) is 0 Å². The highest BCUT2D eigenvalue weighted by atomic mass is 31.2. The number of hydrogen-bond acceptors (Lipinski definition) is 2. The van der Waals surface area contributed by atoms with Crippen molar-refractivity contribution < 1.29 is 4.57 Å². The van der Waals surface area contributed by atoms with Crippen LogP contribution >= 0.6 is 7.44 Å². The van der Waals surface area contributed by atoms with Gasteiger partial charge in [0, 0.05) is 19.3 Å². The maximum atomic E-state index is 13.9. The molecule has 0 aliphatic carbocycles. The molecule has 0 saturated heterocycles. The molecule has 0 radical (unpaired) electrons. The minimum Gasteiger partial charge on any atom is -0.306 e. The predicted octanol–water partition coefficient (Wildman–Crippen LogP) is 2.99. The van der Waals surface area contributed by atoms with E-state index in [-0.39, 0.29) is 0 Å². The summed E-state index contributed by atoms with van der Waals surface area (Å²) in [6, 6.07) is 19.5. The third-order valence-corrected chi connectivity index (χ3v) is 6.67. The van der Waals surface area contributed by atoms with Gasteiger partial charge in [0.1, 0.15) is 0 Å². The number of para-hydroxylation sites is 1. The molecular formula is C16H18N3OP. The van der Waals surface area contributed by atoms with Crippen LogP contribution in [0.15, 0.2) is 65.7 Å². The van der Waals surface area contributed by atoms with Crippen LogP contribution in [0.1, 0.15) is 0 Å². The first kappa shape index (κ1) is 13.9. The van der Waals surface area contributed by atoms with Crippen LogP contribution < -0.4 is 9.97 Å². The molecule has 1 aliphatic rings. The Morgan fingerprint density at radius 3 is 2.24 bits per heavy atom. The van der Waals surface area contributed by atoms with Gasteiger partial charge in [-0.15, -0.1) is 0 Å². The number of aliphatic imine (C=N–C) groups is 1. The average molecular weight is 299 g/mol. The Labute approximate surface area is 125 Å². The van der Waals surface area contributed by atoms with Gasteiger partial charge in [0.05, 0.1) is 18.2 Å². The molecule has 108 valence electrons. The third-order valence-electron chi connectivity index (χ3n) is 3.65. The molecule has 2 aromatic rings. The monoisotopic (exact) mass is 299 g/mol. The van der Waals surface area contributed by atoms with Crippen LogP contribution in [0.25, 0.3) is 0 Å². The van der Waals surface area contributed by atoms with E-state index in [4.69, 9.17) is 0 Å². The lowest BCUT2D eigenvalue weighted by Gasteiger charge is -2.36. The lowest BCUT2D eigenvalue weighted by Crippen LogP contribution is -2.33. The number of hydrogen-bond donors (Lipinski definition) is 0. The van der Waals surface area contributed by atoms with Gasteiger partial charge in [0.2, 0.25) is 0 Å². The Balaban J connectivity index is 2.09. The molecule has 4 nitrogen and oxygen atoms in total. The molecule has 1 aliphatic heterocycles. The van der Waals surface area contributed by atoms with Crippen molar-refractivity contribution >= 4 is 24.8 Å². The van der Waals surface area contributed by atoms with E-state index in [0.29, 0.717) is 13.1 Å². The Hall–Kier alpha value is -2.06. The maximum absolute atomic E-state index is 13.9. The zero-order valence-corrected chi connectivity index (χ0v) is 12.9. The highest BCUT2D eigenvalue weighted by Gasteiger charge is 2.37. The Bertz CT molecular complexity index is 672. The first-order valence-corrected chi connectivity index (χ1v) is 8.56. The number of nitrogens with zero attached hydrogens (tertiary/aromatic N) is 3. The number of anilines is 1. The molecule has 0 N–H and O–H groups in total. The summed E-state index contributed by atoms with van der Waals surface area (Å²) in [5.41, 5.74) is 0.935. The summed E-state index contributed by atoms with van der Waals surface area (Å²) in [4.78, 5) is 4.23. The smallest absolute Gasteiger partial charge is 0.293 e. The van der Waals surface area contributed by atoms with Crippen LogP contribution in [-0.2, 0) is 4.57 Å². The van der Waals surface area contributed by atoms with Crippen LogP contribution in [0.5, 0.6) is 0 Å². The first-order chi connectivity index (χ1) is 10.2. The highest BCUT2D eigenvalue weighted by molar-refractivity contribution is 7.71. The molecule has 0 fully saturated rings. The van der Waals surface area contributed by atoms with E-state index >= 15 is 0 Å². The summed E-state index contributed by atoms with van der Waals surface area (Å²) >= 11 is 0. The van der Waals surface area contributed by atoms with E-state index in [1.807, 2.05) is 77.1 Å². The fraction of sp³-hybridized carbons (Fsp3) is 0.188. The summed E-state index contributed by atoms with van der Waals surface area (Å²) in [6.07, 6.45) is 1.72. The zero-order valence-electron chi connectivity index (χ0n) is 12.0. The lowest BCUT2D eigenvalue weighted by molar-refractivity contribution is 0.539. The van der Waals surface area contributed by atoms with Crippen LogP contribution in [0.3, 0.4) is 0 Å². The summed E-state index contributed by atoms with van der Waals surface area (Å²) in [7, 11) is -1.03. The molecule has 0 amide bonds. The van der Waals surface area contributed by atoms with E-state index in [2.05, 4.69) is 4.99 Å². The normalized spacial score (nSPS) is 16.7. The van der Waals surface area contributed by atoms with Crippen LogP contribution in [0, 0.1) is 0 Å². The topological polar surface area (TPSA) is 35.9 Å². The van der Waals surface area contributed by atoms with E-state index in [1.54, 1.807) is 6.34 Å². The second kappa shape index (κ2) is 5.74. The van der Waals surface area contributed by atoms with Gasteiger partial charge < -0.3 is 4.67 Å². The lowest BCUT2D eigenvalue weighted by atomic mass is 10.3. The van der Waals surface area contributed by atoms with Crippen molar-refractivity contribution in [2.75, 3.05) is 24.8 Å². The van der Waals surface area contributed by atoms with Crippen molar-refractivity contribution in [1.82, 2.24) is 4.67 Å². The standard InChI is InChI=1S/C16H18N3OP/c1-18(15-8-4-2-5-9-15)21(20,19-13-12-17-14-19)16-10-6-3-7-11-16/h2-11,14H,12-13H2,1H3. The van der Waals surface area contributed by atoms with Gasteiger partial charge in [-0.1, -0.05) is 36.4 Å². The van der Waals surface area contributed by atoms with E-state index in [0.717, 1.165) is 11.0 Å². The molecule has 1 heterocycles. The second-order valence-electron chi connectivity index (χ2n) is 4.92. The summed E-state index contributed by atoms with van der Waals surface area (Å²) in [5.74, 6) is 0. The van der Waals surface area contributed by atoms with Crippen molar-refractivity contribution in [3.8, 4) is 0 Å². The van der Waals surface area contributed by atoms with Crippen molar-refractivity contribution in [3.63, 3.8) is 0 Å². The van der Waals surface area contributed by atoms with E-state index in [1.165, 1.54) is 0 Å². The predicted molar refractivity (Wildman–Crippen MR) is 88.6 cm³/mol. The van der Waals surface area contributed by atoms with Gasteiger partial charge in [-0.3, -0.25) is 14.2 Å². The highest BCUT2D eigenvalue weighted by Crippen LogP contribution is 2.52. The van der Waals surface area contributed by atoms with Crippen molar-refractivity contribution in [3.05, 3.63) is 60.7 Å². The van der Waals surface area contributed by atoms with Gasteiger partial charge in [0.25, 0.3) is 7.44 Å². The maximum Gasteiger partial charge on any atom is 0.293 e. The molecule has 0 bridgehead atoms. The zero-order chi connectivity index (χ0) is 14.7. The largest absolute Gasteiger partial charge is 0.306 e. The molecule has 5 heteroatoms. The molecular weight excluding hydrogens is 281 g/mol.